The Morgan fingerprint density at radius 3 is 1.28 bits per heavy atom. The molecule has 1 saturated heterocycles. The van der Waals surface area contributed by atoms with Gasteiger partial charge < -0.3 is 0 Å². The van der Waals surface area contributed by atoms with E-state index in [0.29, 0.717) is 0 Å². The Labute approximate surface area is 159 Å². The summed E-state index contributed by atoms with van der Waals surface area (Å²) < 4.78 is 5.28. The van der Waals surface area contributed by atoms with Crippen LogP contribution in [0.25, 0.3) is 0 Å². The Kier molecular flexibility index (Phi) is 4.94. The van der Waals surface area contributed by atoms with Gasteiger partial charge in [-0.25, -0.2) is 0 Å². The van der Waals surface area contributed by atoms with Gasteiger partial charge in [0.05, 0.1) is 0 Å². The largest absolute Gasteiger partial charge is 0.421 e. The molecule has 0 atom stereocenters. The molecule has 1 aliphatic rings. The van der Waals surface area contributed by atoms with Crippen molar-refractivity contribution in [3.63, 3.8) is 0 Å². The molecule has 25 heavy (non-hydrogen) atoms. The van der Waals surface area contributed by atoms with Crippen LogP contribution in [0.1, 0.15) is 41.5 Å². The first-order chi connectivity index (χ1) is 11.6. The topological polar surface area (TPSA) is 6.48 Å². The second-order valence-corrected chi connectivity index (χ2v) is 14.7. The first kappa shape index (κ1) is 19.1. The second-order valence-electron chi connectivity index (χ2n) is 8.51. The molecule has 0 aliphatic carbocycles. The normalized spacial score (nSPS) is 19.6. The van der Waals surface area contributed by atoms with Crippen molar-refractivity contribution in [3.05, 3.63) is 60.7 Å². The smallest absolute Gasteiger partial charge is 0.137 e. The molecule has 0 unspecified atom stereocenters. The van der Waals surface area contributed by atoms with E-state index in [1.54, 1.807) is 0 Å². The predicted octanol–water partition coefficient (Wildman–Crippen LogP) is 4.92. The van der Waals surface area contributed by atoms with E-state index >= 15 is 0 Å². The van der Waals surface area contributed by atoms with Crippen LogP contribution in [0.4, 0.5) is 0 Å². The minimum atomic E-state index is -1.91. The van der Waals surface area contributed by atoms with Crippen LogP contribution < -0.4 is 10.6 Å². The van der Waals surface area contributed by atoms with Crippen molar-refractivity contribution in [2.75, 3.05) is 0 Å². The Balaban J connectivity index is 2.33. The van der Waals surface area contributed by atoms with Gasteiger partial charge in [-0.1, -0.05) is 36.4 Å². The number of nitrogens with zero attached hydrogens (tertiary/aromatic N) is 2. The standard InChI is InChI=1S/C20H28ClN2PSi/c1-19(2,3)22-24(17-13-9-7-10-14-17,18-15-11-8-12-16-18)23(25(22)21)20(4,5)6/h7-16H,1-6H3/q+1. The molecular weight excluding hydrogens is 363 g/mol. The van der Waals surface area contributed by atoms with Crippen LogP contribution >= 0.6 is 18.6 Å². The highest BCUT2D eigenvalue weighted by Gasteiger charge is 2.76. The molecule has 0 bridgehead atoms. The van der Waals surface area contributed by atoms with E-state index in [0.717, 1.165) is 0 Å². The molecule has 3 rings (SSSR count). The van der Waals surface area contributed by atoms with E-state index in [4.69, 9.17) is 11.1 Å². The summed E-state index contributed by atoms with van der Waals surface area (Å²) in [6, 6.07) is 21.9. The Morgan fingerprint density at radius 1 is 0.680 bits per heavy atom. The van der Waals surface area contributed by atoms with Crippen molar-refractivity contribution < 1.29 is 0 Å². The predicted molar refractivity (Wildman–Crippen MR) is 114 cm³/mol. The Hall–Kier alpha value is -0.703. The third-order valence-corrected chi connectivity index (χ3v) is 15.5. The monoisotopic (exact) mass is 390 g/mol. The molecule has 133 valence electrons. The van der Waals surface area contributed by atoms with Gasteiger partial charge in [0.25, 0.3) is 0 Å². The molecule has 1 heterocycles. The summed E-state index contributed by atoms with van der Waals surface area (Å²) in [7, 11) is -3.21. The zero-order valence-corrected chi connectivity index (χ0v) is 18.6. The highest BCUT2D eigenvalue weighted by atomic mass is 35.6. The highest BCUT2D eigenvalue weighted by Crippen LogP contribution is 2.75. The number of benzene rings is 2. The van der Waals surface area contributed by atoms with Crippen molar-refractivity contribution in [1.82, 2.24) is 8.67 Å². The van der Waals surface area contributed by atoms with Crippen LogP contribution in [0.15, 0.2) is 60.7 Å². The molecule has 1 fully saturated rings. The van der Waals surface area contributed by atoms with Gasteiger partial charge in [0.1, 0.15) is 10.6 Å². The molecule has 0 aromatic heterocycles. The maximum atomic E-state index is 7.12. The van der Waals surface area contributed by atoms with Gasteiger partial charge in [-0.15, -0.1) is 19.8 Å². The average molecular weight is 391 g/mol. The number of hydrogen-bond acceptors (Lipinski definition) is 2. The summed E-state index contributed by atoms with van der Waals surface area (Å²) in [5, 5.41) is 2.78. The lowest BCUT2D eigenvalue weighted by atomic mass is 10.1. The van der Waals surface area contributed by atoms with Crippen molar-refractivity contribution in [2.45, 2.75) is 52.6 Å². The lowest BCUT2D eigenvalue weighted by Gasteiger charge is -2.61. The maximum absolute atomic E-state index is 7.12. The van der Waals surface area contributed by atoms with Crippen LogP contribution in [0.2, 0.25) is 0 Å². The van der Waals surface area contributed by atoms with Crippen LogP contribution in [-0.4, -0.2) is 28.2 Å². The fourth-order valence-electron chi connectivity index (χ4n) is 3.68. The third-order valence-electron chi connectivity index (χ3n) is 4.43. The fraction of sp³-hybridized carbons (Fsp3) is 0.400. The summed E-state index contributed by atoms with van der Waals surface area (Å²) in [4.78, 5) is 0. The summed E-state index contributed by atoms with van der Waals surface area (Å²) in [5.74, 6) is 0. The van der Waals surface area contributed by atoms with E-state index in [9.17, 15) is 0 Å². The summed E-state index contributed by atoms with van der Waals surface area (Å²) in [5.41, 5.74) is 0.0223. The molecule has 0 N–H and O–H groups in total. The van der Waals surface area contributed by atoms with Gasteiger partial charge in [-0.3, -0.25) is 0 Å². The molecule has 0 spiro atoms. The third kappa shape index (κ3) is 3.01. The number of hydrogen-bond donors (Lipinski definition) is 0. The zero-order chi connectivity index (χ0) is 18.5. The SMILES string of the molecule is CC(C)(C)N1[Si](Cl)N(C(C)(C)C)[P+]1(c1ccccc1)c1ccccc1. The van der Waals surface area contributed by atoms with Gasteiger partial charge in [-0.05, 0) is 65.8 Å². The van der Waals surface area contributed by atoms with E-state index in [1.165, 1.54) is 10.6 Å². The van der Waals surface area contributed by atoms with Crippen LogP contribution in [0.5, 0.6) is 0 Å². The molecular formula is C20H28ClN2PSi+. The van der Waals surface area contributed by atoms with Gasteiger partial charge >= 0.3 is 8.43 Å². The highest BCUT2D eigenvalue weighted by molar-refractivity contribution is 7.91. The molecule has 2 aromatic carbocycles. The Bertz CT molecular complexity index is 661. The molecule has 2 nitrogen and oxygen atoms in total. The van der Waals surface area contributed by atoms with E-state index in [1.807, 2.05) is 0 Å². The lowest BCUT2D eigenvalue weighted by Crippen LogP contribution is -2.75. The van der Waals surface area contributed by atoms with Crippen LogP contribution in [0.3, 0.4) is 0 Å². The van der Waals surface area contributed by atoms with Crippen LogP contribution in [-0.2, 0) is 0 Å². The van der Waals surface area contributed by atoms with Crippen LogP contribution in [0, 0.1) is 0 Å². The minimum absolute atomic E-state index is 0.0112. The first-order valence-corrected chi connectivity index (χ1v) is 12.9. The fourth-order valence-corrected chi connectivity index (χ4v) is 16.6. The van der Waals surface area contributed by atoms with Gasteiger partial charge in [0, 0.05) is 11.1 Å². The summed E-state index contributed by atoms with van der Waals surface area (Å²) in [6.07, 6.45) is 0. The van der Waals surface area contributed by atoms with Crippen molar-refractivity contribution >= 4 is 37.7 Å². The van der Waals surface area contributed by atoms with E-state index < -0.39 is 16.0 Å². The van der Waals surface area contributed by atoms with Crippen molar-refractivity contribution in [2.24, 2.45) is 0 Å². The quantitative estimate of drug-likeness (QED) is 0.408. The molecule has 0 amide bonds. The van der Waals surface area contributed by atoms with Gasteiger partial charge in [0.15, 0.2) is 0 Å². The molecule has 0 saturated carbocycles. The van der Waals surface area contributed by atoms with Gasteiger partial charge in [-0.2, -0.15) is 0 Å². The summed E-state index contributed by atoms with van der Waals surface area (Å²) >= 11 is 7.12. The zero-order valence-electron chi connectivity index (χ0n) is 16.0. The van der Waals surface area contributed by atoms with Gasteiger partial charge in [0.2, 0.25) is 7.56 Å². The number of halogens is 1. The molecule has 2 aromatic rings. The minimum Gasteiger partial charge on any atom is -0.137 e. The molecule has 1 aliphatic heterocycles. The average Bonchev–Trinajstić information content (AvgIpc) is 2.51. The lowest BCUT2D eigenvalue weighted by molar-refractivity contribution is 0.258. The molecule has 1 radical (unpaired) electrons. The first-order valence-electron chi connectivity index (χ1n) is 8.75. The maximum Gasteiger partial charge on any atom is 0.421 e. The van der Waals surface area contributed by atoms with Crippen molar-refractivity contribution in [1.29, 1.82) is 0 Å². The Morgan fingerprint density at radius 2 is 1.00 bits per heavy atom. The number of rotatable bonds is 2. The van der Waals surface area contributed by atoms with E-state index in [2.05, 4.69) is 111 Å². The van der Waals surface area contributed by atoms with E-state index in [-0.39, 0.29) is 11.1 Å². The van der Waals surface area contributed by atoms with Crippen molar-refractivity contribution in [3.8, 4) is 0 Å². The molecule has 5 heteroatoms. The summed E-state index contributed by atoms with van der Waals surface area (Å²) in [6.45, 7) is 13.8. The second kappa shape index (κ2) is 6.47.